The second kappa shape index (κ2) is 4.45. The van der Waals surface area contributed by atoms with Crippen molar-refractivity contribution >= 4 is 28.9 Å². The van der Waals surface area contributed by atoms with Gasteiger partial charge in [0.1, 0.15) is 0 Å². The number of rotatable bonds is 3. The van der Waals surface area contributed by atoms with Crippen LogP contribution in [0.15, 0.2) is 29.4 Å². The lowest BCUT2D eigenvalue weighted by atomic mass is 10.0. The smallest absolute Gasteiger partial charge is 0.161 e. The second-order valence-corrected chi connectivity index (χ2v) is 3.69. The lowest BCUT2D eigenvalue weighted by molar-refractivity contribution is 0.355. The molecule has 4 heteroatoms. The van der Waals surface area contributed by atoms with E-state index in [1.807, 2.05) is 18.2 Å². The monoisotopic (exact) mass is 233 g/mol. The summed E-state index contributed by atoms with van der Waals surface area (Å²) in [5.74, 6) is 1.40. The van der Waals surface area contributed by atoms with Gasteiger partial charge in [-0.3, -0.25) is 4.99 Å². The molecule has 0 bridgehead atoms. The molecule has 3 nitrogen and oxygen atoms in total. The summed E-state index contributed by atoms with van der Waals surface area (Å²) in [7, 11) is 3.22. The van der Waals surface area contributed by atoms with Gasteiger partial charge in [-0.1, -0.05) is 18.3 Å². The van der Waals surface area contributed by atoms with Crippen LogP contribution in [0.2, 0.25) is 0 Å². The molecule has 16 heavy (non-hydrogen) atoms. The predicted octanol–water partition coefficient (Wildman–Crippen LogP) is 2.50. The first-order chi connectivity index (χ1) is 7.76. The molecule has 2 rings (SSSR count). The summed E-state index contributed by atoms with van der Waals surface area (Å²) in [6, 6.07) is 5.69. The summed E-state index contributed by atoms with van der Waals surface area (Å²) in [5, 5.41) is 0. The highest BCUT2D eigenvalue weighted by atomic mass is 32.1. The molecule has 1 aromatic rings. The molecule has 1 aromatic carbocycles. The molecule has 0 N–H and O–H groups in total. The fourth-order valence-electron chi connectivity index (χ4n) is 1.53. The average Bonchev–Trinajstić information content (AvgIpc) is 2.74. The Labute approximate surface area is 99.4 Å². The van der Waals surface area contributed by atoms with Crippen molar-refractivity contribution in [1.29, 1.82) is 0 Å². The first kappa shape index (κ1) is 10.8. The second-order valence-electron chi connectivity index (χ2n) is 3.25. The number of hydrogen-bond acceptors (Lipinski definition) is 4. The molecule has 0 radical (unpaired) electrons. The van der Waals surface area contributed by atoms with Crippen LogP contribution >= 0.6 is 12.2 Å². The number of thiocarbonyl (C=S) groups is 1. The Morgan fingerprint density at radius 3 is 2.44 bits per heavy atom. The largest absolute Gasteiger partial charge is 0.493 e. The third kappa shape index (κ3) is 1.84. The molecule has 1 heterocycles. The van der Waals surface area contributed by atoms with E-state index < -0.39 is 0 Å². The number of nitrogens with zero attached hydrogens (tertiary/aromatic N) is 1. The Morgan fingerprint density at radius 2 is 1.88 bits per heavy atom. The van der Waals surface area contributed by atoms with Crippen LogP contribution < -0.4 is 9.47 Å². The molecule has 1 aliphatic rings. The quantitative estimate of drug-likeness (QED) is 0.751. The third-order valence-corrected chi connectivity index (χ3v) is 2.68. The Balaban J connectivity index is 2.41. The maximum absolute atomic E-state index is 5.24. The van der Waals surface area contributed by atoms with E-state index in [2.05, 4.69) is 4.99 Å². The van der Waals surface area contributed by atoms with Crippen molar-refractivity contribution in [2.75, 3.05) is 14.2 Å². The van der Waals surface area contributed by atoms with Gasteiger partial charge in [0.15, 0.2) is 11.5 Å². The topological polar surface area (TPSA) is 30.8 Å². The normalized spacial score (nSPS) is 13.9. The van der Waals surface area contributed by atoms with Crippen LogP contribution in [-0.4, -0.2) is 25.3 Å². The van der Waals surface area contributed by atoms with Gasteiger partial charge in [-0.25, -0.2) is 0 Å². The van der Waals surface area contributed by atoms with Gasteiger partial charge in [0.05, 0.1) is 19.1 Å². The van der Waals surface area contributed by atoms with Crippen molar-refractivity contribution in [2.45, 2.75) is 0 Å². The number of methoxy groups -OCH3 is 2. The minimum Gasteiger partial charge on any atom is -0.493 e. The summed E-state index contributed by atoms with van der Waals surface area (Å²) in [6.45, 7) is 0. The van der Waals surface area contributed by atoms with Crippen LogP contribution in [0.5, 0.6) is 11.5 Å². The fraction of sp³-hybridized carbons (Fsp3) is 0.167. The van der Waals surface area contributed by atoms with Crippen molar-refractivity contribution in [1.82, 2.24) is 0 Å². The maximum atomic E-state index is 5.24. The first-order valence-corrected chi connectivity index (χ1v) is 5.17. The molecule has 0 atom stereocenters. The zero-order chi connectivity index (χ0) is 11.5. The van der Waals surface area contributed by atoms with Crippen molar-refractivity contribution in [3.8, 4) is 11.5 Å². The van der Waals surface area contributed by atoms with Crippen molar-refractivity contribution < 1.29 is 9.47 Å². The lowest BCUT2D eigenvalue weighted by Crippen LogP contribution is -1.97. The molecule has 0 spiro atoms. The molecule has 0 saturated carbocycles. The molecule has 0 fully saturated rings. The SMILES string of the molecule is COc1ccc(C2=CN=CC2=S)cc1OC. The molecule has 82 valence electrons. The molecule has 0 amide bonds. The third-order valence-electron chi connectivity index (χ3n) is 2.36. The summed E-state index contributed by atoms with van der Waals surface area (Å²) in [4.78, 5) is 4.76. The molecule has 1 aliphatic heterocycles. The van der Waals surface area contributed by atoms with Crippen LogP contribution in [0.3, 0.4) is 0 Å². The van der Waals surface area contributed by atoms with Gasteiger partial charge in [0.25, 0.3) is 0 Å². The molecular formula is C12H11NO2S. The average molecular weight is 233 g/mol. The van der Waals surface area contributed by atoms with Crippen molar-refractivity contribution in [3.05, 3.63) is 30.0 Å². The van der Waals surface area contributed by atoms with E-state index in [0.717, 1.165) is 16.0 Å². The standard InChI is InChI=1S/C12H11NO2S/c1-14-10-4-3-8(5-11(10)15-2)9-6-13-7-12(9)16/h3-7H,1-2H3. The number of aliphatic imine (C=N–C) groups is 1. The van der Waals surface area contributed by atoms with Gasteiger partial charge < -0.3 is 9.47 Å². The van der Waals surface area contributed by atoms with E-state index in [1.165, 1.54) is 0 Å². The van der Waals surface area contributed by atoms with E-state index in [-0.39, 0.29) is 0 Å². The first-order valence-electron chi connectivity index (χ1n) is 4.76. The predicted molar refractivity (Wildman–Crippen MR) is 68.6 cm³/mol. The highest BCUT2D eigenvalue weighted by Gasteiger charge is 2.12. The van der Waals surface area contributed by atoms with E-state index >= 15 is 0 Å². The van der Waals surface area contributed by atoms with Crippen LogP contribution in [0.4, 0.5) is 0 Å². The van der Waals surface area contributed by atoms with Crippen LogP contribution in [0, 0.1) is 0 Å². The van der Waals surface area contributed by atoms with Gasteiger partial charge in [-0.05, 0) is 17.7 Å². The Hall–Kier alpha value is -1.68. The van der Waals surface area contributed by atoms with Crippen LogP contribution in [0.25, 0.3) is 5.57 Å². The Morgan fingerprint density at radius 1 is 1.12 bits per heavy atom. The highest BCUT2D eigenvalue weighted by Crippen LogP contribution is 2.31. The summed E-state index contributed by atoms with van der Waals surface area (Å²) < 4.78 is 10.4. The number of benzene rings is 1. The van der Waals surface area contributed by atoms with E-state index in [0.29, 0.717) is 11.5 Å². The summed E-state index contributed by atoms with van der Waals surface area (Å²) in [5.41, 5.74) is 1.93. The minimum absolute atomic E-state index is 0.690. The molecule has 0 aromatic heterocycles. The summed E-state index contributed by atoms with van der Waals surface area (Å²) >= 11 is 5.17. The minimum atomic E-state index is 0.690. The zero-order valence-electron chi connectivity index (χ0n) is 9.06. The fourth-order valence-corrected chi connectivity index (χ4v) is 1.76. The highest BCUT2D eigenvalue weighted by molar-refractivity contribution is 7.83. The van der Waals surface area contributed by atoms with Gasteiger partial charge in [-0.2, -0.15) is 0 Å². The zero-order valence-corrected chi connectivity index (χ0v) is 9.88. The van der Waals surface area contributed by atoms with E-state index in [9.17, 15) is 0 Å². The van der Waals surface area contributed by atoms with E-state index in [4.69, 9.17) is 21.7 Å². The number of hydrogen-bond donors (Lipinski definition) is 0. The van der Waals surface area contributed by atoms with Gasteiger partial charge >= 0.3 is 0 Å². The number of allylic oxidation sites excluding steroid dienone is 1. The van der Waals surface area contributed by atoms with Crippen LogP contribution in [0.1, 0.15) is 5.56 Å². The maximum Gasteiger partial charge on any atom is 0.161 e. The molecular weight excluding hydrogens is 222 g/mol. The van der Waals surface area contributed by atoms with Gasteiger partial charge in [-0.15, -0.1) is 0 Å². The molecule has 0 saturated heterocycles. The summed E-state index contributed by atoms with van der Waals surface area (Å²) in [6.07, 6.45) is 3.42. The van der Waals surface area contributed by atoms with Gasteiger partial charge in [0, 0.05) is 18.0 Å². The van der Waals surface area contributed by atoms with E-state index in [1.54, 1.807) is 26.6 Å². The molecule has 0 aliphatic carbocycles. The Bertz CT molecular complexity index is 492. The Kier molecular flexibility index (Phi) is 3.01. The van der Waals surface area contributed by atoms with Crippen molar-refractivity contribution in [3.63, 3.8) is 0 Å². The van der Waals surface area contributed by atoms with Crippen molar-refractivity contribution in [2.24, 2.45) is 4.99 Å². The van der Waals surface area contributed by atoms with Gasteiger partial charge in [0.2, 0.25) is 0 Å². The number of ether oxygens (including phenoxy) is 2. The molecule has 0 unspecified atom stereocenters. The van der Waals surface area contributed by atoms with Crippen LogP contribution in [-0.2, 0) is 0 Å². The lowest BCUT2D eigenvalue weighted by Gasteiger charge is -2.09.